The molecular formula is C30H36FN3O5. The quantitative estimate of drug-likeness (QED) is 0.523. The van der Waals surface area contributed by atoms with Crippen LogP contribution in [0.1, 0.15) is 74.9 Å². The van der Waals surface area contributed by atoms with E-state index in [0.717, 1.165) is 18.4 Å². The molecule has 2 aromatic rings. The average Bonchev–Trinajstić information content (AvgIpc) is 3.19. The molecule has 9 heteroatoms. The second-order valence-electron chi connectivity index (χ2n) is 11.5. The number of benzene rings is 1. The van der Waals surface area contributed by atoms with Gasteiger partial charge in [0.1, 0.15) is 11.9 Å². The highest BCUT2D eigenvalue weighted by Crippen LogP contribution is 2.43. The van der Waals surface area contributed by atoms with Crippen LogP contribution >= 0.6 is 0 Å². The number of carbonyl (C=O) groups excluding carboxylic acids is 3. The maximum absolute atomic E-state index is 15.1. The highest BCUT2D eigenvalue weighted by molar-refractivity contribution is 5.99. The molecule has 2 aliphatic carbocycles. The van der Waals surface area contributed by atoms with E-state index in [1.807, 2.05) is 19.9 Å². The van der Waals surface area contributed by atoms with E-state index in [9.17, 15) is 14.4 Å². The van der Waals surface area contributed by atoms with Crippen LogP contribution in [0.25, 0.3) is 0 Å². The summed E-state index contributed by atoms with van der Waals surface area (Å²) in [5, 5.41) is 2.89. The van der Waals surface area contributed by atoms with Gasteiger partial charge in [0.25, 0.3) is 5.91 Å². The van der Waals surface area contributed by atoms with Crippen LogP contribution in [0.4, 0.5) is 10.1 Å². The lowest BCUT2D eigenvalue weighted by Gasteiger charge is -2.42. The molecule has 8 nitrogen and oxygen atoms in total. The van der Waals surface area contributed by atoms with Gasteiger partial charge in [-0.15, -0.1) is 0 Å². The van der Waals surface area contributed by atoms with Crippen molar-refractivity contribution in [3.63, 3.8) is 0 Å². The van der Waals surface area contributed by atoms with Crippen LogP contribution in [-0.4, -0.2) is 47.9 Å². The predicted octanol–water partition coefficient (Wildman–Crippen LogP) is 4.50. The predicted molar refractivity (Wildman–Crippen MR) is 143 cm³/mol. The number of fused-ring (bicyclic) bond motifs is 2. The highest BCUT2D eigenvalue weighted by Gasteiger charge is 2.44. The van der Waals surface area contributed by atoms with Gasteiger partial charge >= 0.3 is 5.97 Å². The van der Waals surface area contributed by atoms with Crippen molar-refractivity contribution < 1.29 is 28.2 Å². The Labute approximate surface area is 228 Å². The number of pyridine rings is 1. The van der Waals surface area contributed by atoms with Gasteiger partial charge in [-0.05, 0) is 73.3 Å². The summed E-state index contributed by atoms with van der Waals surface area (Å²) in [7, 11) is 1.53. The molecule has 1 aromatic carbocycles. The summed E-state index contributed by atoms with van der Waals surface area (Å²) in [6, 6.07) is 5.78. The molecular weight excluding hydrogens is 501 g/mol. The lowest BCUT2D eigenvalue weighted by Crippen LogP contribution is -2.50. The van der Waals surface area contributed by atoms with Gasteiger partial charge in [0.2, 0.25) is 11.8 Å². The molecule has 208 valence electrons. The molecule has 1 fully saturated rings. The van der Waals surface area contributed by atoms with Crippen molar-refractivity contribution in [1.29, 1.82) is 0 Å². The Morgan fingerprint density at radius 2 is 1.95 bits per heavy atom. The van der Waals surface area contributed by atoms with Crippen LogP contribution in [-0.2, 0) is 37.4 Å². The fourth-order valence-electron chi connectivity index (χ4n) is 6.37. The van der Waals surface area contributed by atoms with Gasteiger partial charge in [-0.1, -0.05) is 13.8 Å². The second-order valence-corrected chi connectivity index (χ2v) is 11.5. The molecule has 1 unspecified atom stereocenters. The molecule has 2 amide bonds. The van der Waals surface area contributed by atoms with Crippen molar-refractivity contribution in [1.82, 2.24) is 9.88 Å². The molecule has 39 heavy (non-hydrogen) atoms. The molecule has 1 aliphatic heterocycles. The normalized spacial score (nSPS) is 22.8. The zero-order chi connectivity index (χ0) is 27.9. The Balaban J connectivity index is 1.38. The minimum Gasteiger partial charge on any atom is -0.481 e. The lowest BCUT2D eigenvalue weighted by atomic mass is 9.72. The van der Waals surface area contributed by atoms with Crippen molar-refractivity contribution >= 4 is 23.5 Å². The Bertz CT molecular complexity index is 1300. The number of esters is 1. The Kier molecular flexibility index (Phi) is 7.35. The first-order valence-corrected chi connectivity index (χ1v) is 13.7. The SMILES string of the molecule is CCOC(=O)C[C@H]1C[C@@H](C(=O)N2CCc3nc(OC)ccc3C2C(=O)Nc2cc(F)c3c(c2)CCC3(C)C)C1. The number of ether oxygens (including phenoxy) is 2. The number of methoxy groups -OCH3 is 1. The summed E-state index contributed by atoms with van der Waals surface area (Å²) >= 11 is 0. The summed E-state index contributed by atoms with van der Waals surface area (Å²) in [6.07, 6.45) is 3.56. The number of hydrogen-bond donors (Lipinski definition) is 1. The summed E-state index contributed by atoms with van der Waals surface area (Å²) in [5.74, 6) is -0.803. The third-order valence-electron chi connectivity index (χ3n) is 8.40. The van der Waals surface area contributed by atoms with E-state index in [1.54, 1.807) is 24.0 Å². The molecule has 2 heterocycles. The van der Waals surface area contributed by atoms with Crippen molar-refractivity contribution in [3.8, 4) is 5.88 Å². The van der Waals surface area contributed by atoms with Crippen LogP contribution < -0.4 is 10.1 Å². The van der Waals surface area contributed by atoms with E-state index in [4.69, 9.17) is 9.47 Å². The Morgan fingerprint density at radius 3 is 2.67 bits per heavy atom. The van der Waals surface area contributed by atoms with Crippen molar-refractivity contribution in [2.24, 2.45) is 11.8 Å². The van der Waals surface area contributed by atoms with E-state index in [2.05, 4.69) is 10.3 Å². The number of anilines is 1. The molecule has 0 spiro atoms. The first kappa shape index (κ1) is 27.1. The monoisotopic (exact) mass is 537 g/mol. The maximum Gasteiger partial charge on any atom is 0.306 e. The molecule has 0 bridgehead atoms. The van der Waals surface area contributed by atoms with Crippen LogP contribution in [0.3, 0.4) is 0 Å². The van der Waals surface area contributed by atoms with Crippen molar-refractivity contribution in [2.75, 3.05) is 25.6 Å². The number of aromatic nitrogens is 1. The topological polar surface area (TPSA) is 97.8 Å². The summed E-state index contributed by atoms with van der Waals surface area (Å²) in [5.41, 5.74) is 3.09. The van der Waals surface area contributed by atoms with E-state index in [0.29, 0.717) is 67.2 Å². The van der Waals surface area contributed by atoms with Gasteiger partial charge < -0.3 is 19.7 Å². The first-order chi connectivity index (χ1) is 18.6. The second kappa shape index (κ2) is 10.6. The highest BCUT2D eigenvalue weighted by atomic mass is 19.1. The van der Waals surface area contributed by atoms with E-state index in [1.165, 1.54) is 13.2 Å². The Hall–Kier alpha value is -3.49. The van der Waals surface area contributed by atoms with E-state index < -0.39 is 11.9 Å². The number of hydrogen-bond acceptors (Lipinski definition) is 6. The zero-order valence-corrected chi connectivity index (χ0v) is 23.0. The number of nitrogens with one attached hydrogen (secondary N) is 1. The fraction of sp³-hybridized carbons (Fsp3) is 0.533. The fourth-order valence-corrected chi connectivity index (χ4v) is 6.37. The number of aryl methyl sites for hydroxylation is 1. The molecule has 3 aliphatic rings. The maximum atomic E-state index is 15.1. The number of carbonyl (C=O) groups is 3. The minimum absolute atomic E-state index is 0.104. The molecule has 1 aromatic heterocycles. The third kappa shape index (κ3) is 5.23. The molecule has 0 radical (unpaired) electrons. The first-order valence-electron chi connectivity index (χ1n) is 13.7. The van der Waals surface area contributed by atoms with Gasteiger partial charge in [0.05, 0.1) is 19.4 Å². The van der Waals surface area contributed by atoms with Gasteiger partial charge in [-0.2, -0.15) is 0 Å². The zero-order valence-electron chi connectivity index (χ0n) is 23.0. The smallest absolute Gasteiger partial charge is 0.306 e. The van der Waals surface area contributed by atoms with Gasteiger partial charge in [-0.3, -0.25) is 14.4 Å². The van der Waals surface area contributed by atoms with Gasteiger partial charge in [0.15, 0.2) is 0 Å². The molecule has 1 saturated carbocycles. The number of amides is 2. The van der Waals surface area contributed by atoms with E-state index >= 15 is 4.39 Å². The minimum atomic E-state index is -0.906. The largest absolute Gasteiger partial charge is 0.481 e. The molecule has 1 atom stereocenters. The standard InChI is InChI=1S/C30H36FN3O5/c1-5-39-25(35)14-17-12-19(13-17)29(37)34-11-9-23-21(6-7-24(33-23)38-4)27(34)28(36)32-20-15-18-8-10-30(2,3)26(18)22(31)16-20/h6-7,15-17,19,27H,5,8-14H2,1-4H3,(H,32,36)/t17-,19+,27?. The molecule has 5 rings (SSSR count). The van der Waals surface area contributed by atoms with Crippen LogP contribution in [0, 0.1) is 17.7 Å². The van der Waals surface area contributed by atoms with E-state index in [-0.39, 0.29) is 34.9 Å². The van der Waals surface area contributed by atoms with Crippen molar-refractivity contribution in [3.05, 3.63) is 52.5 Å². The third-order valence-corrected chi connectivity index (χ3v) is 8.40. The van der Waals surface area contributed by atoms with Gasteiger partial charge in [-0.25, -0.2) is 9.37 Å². The summed E-state index contributed by atoms with van der Waals surface area (Å²) in [6.45, 7) is 6.49. The number of rotatable bonds is 7. The van der Waals surface area contributed by atoms with Crippen LogP contribution in [0.5, 0.6) is 5.88 Å². The average molecular weight is 538 g/mol. The van der Waals surface area contributed by atoms with Crippen LogP contribution in [0.2, 0.25) is 0 Å². The van der Waals surface area contributed by atoms with Crippen molar-refractivity contribution in [2.45, 2.75) is 70.8 Å². The number of halogens is 1. The Morgan fingerprint density at radius 1 is 1.18 bits per heavy atom. The van der Waals surface area contributed by atoms with Gasteiger partial charge in [0, 0.05) is 42.6 Å². The molecule has 1 N–H and O–H groups in total. The molecule has 0 saturated heterocycles. The summed E-state index contributed by atoms with van der Waals surface area (Å²) < 4.78 is 25.4. The number of nitrogens with zero attached hydrogens (tertiary/aromatic N) is 2. The van der Waals surface area contributed by atoms with Crippen LogP contribution in [0.15, 0.2) is 24.3 Å². The summed E-state index contributed by atoms with van der Waals surface area (Å²) in [4.78, 5) is 45.4. The lowest BCUT2D eigenvalue weighted by molar-refractivity contribution is -0.151.